The summed E-state index contributed by atoms with van der Waals surface area (Å²) in [6.45, 7) is 4.91. The number of nitrogens with zero attached hydrogens (tertiary/aromatic N) is 2. The third kappa shape index (κ3) is 2.70. The summed E-state index contributed by atoms with van der Waals surface area (Å²) < 4.78 is 10.2. The first-order chi connectivity index (χ1) is 11.0. The molecule has 1 aliphatic rings. The van der Waals surface area contributed by atoms with E-state index < -0.39 is 5.97 Å². The van der Waals surface area contributed by atoms with E-state index in [1.807, 2.05) is 19.9 Å². The molecular formula is C17H14N2O4. The van der Waals surface area contributed by atoms with Crippen molar-refractivity contribution in [2.24, 2.45) is 4.99 Å². The van der Waals surface area contributed by atoms with E-state index in [0.717, 1.165) is 11.3 Å². The number of allylic oxidation sites excluding steroid dienone is 2. The number of hydrogen-bond acceptors (Lipinski definition) is 6. The van der Waals surface area contributed by atoms with Gasteiger partial charge in [-0.15, -0.1) is 0 Å². The van der Waals surface area contributed by atoms with Gasteiger partial charge in [-0.1, -0.05) is 29.4 Å². The lowest BCUT2D eigenvalue weighted by Crippen LogP contribution is -2.20. The SMILES string of the molecule is CC(=O)OC1=C/C(=N\c2onc(C)c2C)c2ccccc2C1=O. The molecule has 1 heterocycles. The highest BCUT2D eigenvalue weighted by Crippen LogP contribution is 2.27. The van der Waals surface area contributed by atoms with Crippen molar-refractivity contribution in [1.82, 2.24) is 5.16 Å². The normalized spacial score (nSPS) is 15.3. The molecule has 1 aliphatic carbocycles. The average Bonchev–Trinajstić information content (AvgIpc) is 2.83. The van der Waals surface area contributed by atoms with Crippen molar-refractivity contribution in [2.45, 2.75) is 20.8 Å². The van der Waals surface area contributed by atoms with Crippen LogP contribution in [0.4, 0.5) is 5.88 Å². The summed E-state index contributed by atoms with van der Waals surface area (Å²) >= 11 is 0. The molecule has 0 saturated heterocycles. The van der Waals surface area contributed by atoms with Crippen molar-refractivity contribution >= 4 is 23.3 Å². The molecule has 0 fully saturated rings. The van der Waals surface area contributed by atoms with Crippen LogP contribution in [0, 0.1) is 13.8 Å². The molecule has 0 unspecified atom stereocenters. The van der Waals surface area contributed by atoms with Gasteiger partial charge in [0, 0.05) is 29.7 Å². The van der Waals surface area contributed by atoms with Crippen LogP contribution < -0.4 is 0 Å². The lowest BCUT2D eigenvalue weighted by molar-refractivity contribution is -0.136. The van der Waals surface area contributed by atoms with Crippen LogP contribution in [0.2, 0.25) is 0 Å². The van der Waals surface area contributed by atoms with Gasteiger partial charge in [0.25, 0.3) is 5.88 Å². The van der Waals surface area contributed by atoms with E-state index in [1.165, 1.54) is 13.0 Å². The van der Waals surface area contributed by atoms with Gasteiger partial charge in [-0.25, -0.2) is 4.99 Å². The van der Waals surface area contributed by atoms with Gasteiger partial charge >= 0.3 is 5.97 Å². The van der Waals surface area contributed by atoms with Gasteiger partial charge in [0.15, 0.2) is 5.76 Å². The van der Waals surface area contributed by atoms with Crippen molar-refractivity contribution in [3.8, 4) is 0 Å². The molecule has 0 bridgehead atoms. The van der Waals surface area contributed by atoms with E-state index in [1.54, 1.807) is 18.2 Å². The number of ketones is 1. The van der Waals surface area contributed by atoms with Crippen LogP contribution in [0.15, 0.2) is 45.6 Å². The van der Waals surface area contributed by atoms with Gasteiger partial charge in [0.1, 0.15) is 0 Å². The number of Topliss-reactive ketones (excluding diaryl/α,β-unsaturated/α-hetero) is 1. The van der Waals surface area contributed by atoms with Crippen LogP contribution in [-0.2, 0) is 9.53 Å². The van der Waals surface area contributed by atoms with E-state index in [-0.39, 0.29) is 11.5 Å². The first-order valence-electron chi connectivity index (χ1n) is 7.03. The Balaban J connectivity index is 2.16. The highest BCUT2D eigenvalue weighted by molar-refractivity contribution is 6.26. The summed E-state index contributed by atoms with van der Waals surface area (Å²) in [6.07, 6.45) is 1.45. The van der Waals surface area contributed by atoms with Gasteiger partial charge in [0.2, 0.25) is 5.78 Å². The number of aliphatic imine (C=N–C) groups is 1. The Hall–Kier alpha value is -3.02. The Labute approximate surface area is 132 Å². The lowest BCUT2D eigenvalue weighted by atomic mass is 9.93. The Morgan fingerprint density at radius 3 is 2.52 bits per heavy atom. The molecule has 0 spiro atoms. The Morgan fingerprint density at radius 2 is 1.91 bits per heavy atom. The van der Waals surface area contributed by atoms with E-state index in [2.05, 4.69) is 10.1 Å². The zero-order valence-corrected chi connectivity index (χ0v) is 12.9. The molecular weight excluding hydrogens is 296 g/mol. The van der Waals surface area contributed by atoms with E-state index in [0.29, 0.717) is 22.7 Å². The number of fused-ring (bicyclic) bond motifs is 1. The monoisotopic (exact) mass is 310 g/mol. The maximum atomic E-state index is 12.4. The van der Waals surface area contributed by atoms with E-state index >= 15 is 0 Å². The van der Waals surface area contributed by atoms with Gasteiger partial charge < -0.3 is 9.26 Å². The molecule has 0 N–H and O–H groups in total. The van der Waals surface area contributed by atoms with Crippen LogP contribution in [0.1, 0.15) is 34.1 Å². The molecule has 6 heteroatoms. The molecule has 2 aromatic rings. The lowest BCUT2D eigenvalue weighted by Gasteiger charge is -2.16. The number of rotatable bonds is 2. The number of esters is 1. The highest BCUT2D eigenvalue weighted by Gasteiger charge is 2.26. The first kappa shape index (κ1) is 14.9. The number of aryl methyl sites for hydroxylation is 1. The zero-order valence-electron chi connectivity index (χ0n) is 12.9. The molecule has 0 amide bonds. The topological polar surface area (TPSA) is 81.8 Å². The summed E-state index contributed by atoms with van der Waals surface area (Å²) in [4.78, 5) is 28.0. The molecule has 116 valence electrons. The number of hydrogen-bond donors (Lipinski definition) is 0. The smallest absolute Gasteiger partial charge is 0.308 e. The van der Waals surface area contributed by atoms with Gasteiger partial charge in [-0.05, 0) is 13.8 Å². The van der Waals surface area contributed by atoms with E-state index in [4.69, 9.17) is 9.26 Å². The predicted octanol–water partition coefficient (Wildman–Crippen LogP) is 3.06. The van der Waals surface area contributed by atoms with E-state index in [9.17, 15) is 9.59 Å². The number of ether oxygens (including phenoxy) is 1. The first-order valence-corrected chi connectivity index (χ1v) is 7.03. The number of aromatic nitrogens is 1. The fourth-order valence-electron chi connectivity index (χ4n) is 2.24. The zero-order chi connectivity index (χ0) is 16.6. The van der Waals surface area contributed by atoms with Crippen molar-refractivity contribution in [2.75, 3.05) is 0 Å². The molecule has 1 aromatic carbocycles. The number of carbonyl (C=O) groups excluding carboxylic acids is 2. The van der Waals surface area contributed by atoms with Gasteiger partial charge in [0.05, 0.1) is 11.4 Å². The van der Waals surface area contributed by atoms with Crippen LogP contribution in [0.3, 0.4) is 0 Å². The van der Waals surface area contributed by atoms with Crippen molar-refractivity contribution in [1.29, 1.82) is 0 Å². The average molecular weight is 310 g/mol. The molecule has 0 saturated carbocycles. The standard InChI is InChI=1S/C17H14N2O4/c1-9-10(2)19-23-17(9)18-14-8-15(22-11(3)20)16(21)13-7-5-4-6-12(13)14/h4-8H,1-3H3/b18-14+. The second-order valence-electron chi connectivity index (χ2n) is 5.17. The highest BCUT2D eigenvalue weighted by atomic mass is 16.5. The second kappa shape index (κ2) is 5.64. The molecule has 0 radical (unpaired) electrons. The maximum absolute atomic E-state index is 12.4. The molecule has 1 aromatic heterocycles. The Morgan fingerprint density at radius 1 is 1.22 bits per heavy atom. The second-order valence-corrected chi connectivity index (χ2v) is 5.17. The largest absolute Gasteiger partial charge is 0.422 e. The molecule has 6 nitrogen and oxygen atoms in total. The van der Waals surface area contributed by atoms with Gasteiger partial charge in [-0.3, -0.25) is 9.59 Å². The minimum atomic E-state index is -0.560. The van der Waals surface area contributed by atoms with Gasteiger partial charge in [-0.2, -0.15) is 0 Å². The summed E-state index contributed by atoms with van der Waals surface area (Å²) in [7, 11) is 0. The van der Waals surface area contributed by atoms with Crippen LogP contribution in [0.5, 0.6) is 0 Å². The molecule has 3 rings (SSSR count). The summed E-state index contributed by atoms with van der Waals surface area (Å²) in [5.41, 5.74) is 3.12. The quantitative estimate of drug-likeness (QED) is 0.796. The van der Waals surface area contributed by atoms with Crippen LogP contribution >= 0.6 is 0 Å². The summed E-state index contributed by atoms with van der Waals surface area (Å²) in [5.74, 6) is -0.598. The molecule has 0 atom stereocenters. The maximum Gasteiger partial charge on any atom is 0.308 e. The molecule has 0 aliphatic heterocycles. The predicted molar refractivity (Wildman–Crippen MR) is 82.8 cm³/mol. The Bertz CT molecular complexity index is 874. The number of benzene rings is 1. The summed E-state index contributed by atoms with van der Waals surface area (Å²) in [5, 5.41) is 3.86. The Kier molecular flexibility index (Phi) is 3.65. The van der Waals surface area contributed by atoms with Crippen molar-refractivity contribution < 1.29 is 18.8 Å². The van der Waals surface area contributed by atoms with Crippen LogP contribution in [-0.4, -0.2) is 22.6 Å². The fraction of sp³-hybridized carbons (Fsp3) is 0.176. The summed E-state index contributed by atoms with van der Waals surface area (Å²) in [6, 6.07) is 7.01. The number of carbonyl (C=O) groups is 2. The van der Waals surface area contributed by atoms with Crippen molar-refractivity contribution in [3.05, 3.63) is 58.5 Å². The minimum Gasteiger partial charge on any atom is -0.422 e. The fourth-order valence-corrected chi connectivity index (χ4v) is 2.24. The molecule has 23 heavy (non-hydrogen) atoms. The third-order valence-electron chi connectivity index (χ3n) is 3.55. The van der Waals surface area contributed by atoms with Crippen molar-refractivity contribution in [3.63, 3.8) is 0 Å². The third-order valence-corrected chi connectivity index (χ3v) is 3.55. The minimum absolute atomic E-state index is 0.0520. The van der Waals surface area contributed by atoms with Crippen LogP contribution in [0.25, 0.3) is 0 Å².